The van der Waals surface area contributed by atoms with E-state index < -0.39 is 0 Å². The molecule has 1 fully saturated rings. The highest BCUT2D eigenvalue weighted by atomic mass is 35.5. The minimum atomic E-state index is 0.792. The lowest BCUT2D eigenvalue weighted by Crippen LogP contribution is -2.19. The topological polar surface area (TPSA) is 3.24 Å². The van der Waals surface area contributed by atoms with Gasteiger partial charge in [0.2, 0.25) is 0 Å². The van der Waals surface area contributed by atoms with Crippen LogP contribution < -0.4 is 0 Å². The van der Waals surface area contributed by atoms with Crippen molar-refractivity contribution < 1.29 is 0 Å². The first-order valence-corrected chi connectivity index (χ1v) is 5.00. The highest BCUT2D eigenvalue weighted by Gasteiger charge is 2.26. The third-order valence-electron chi connectivity index (χ3n) is 2.49. The molecule has 1 aromatic carbocycles. The quantitative estimate of drug-likeness (QED) is 0.715. The molecule has 69 valence electrons. The van der Waals surface area contributed by atoms with Crippen LogP contribution in [0, 0.1) is 6.07 Å². The summed E-state index contributed by atoms with van der Waals surface area (Å²) in [6.07, 6.45) is 2.68. The molecule has 0 aliphatic heterocycles. The summed E-state index contributed by atoms with van der Waals surface area (Å²) in [7, 11) is 2.16. The number of hydrogen-bond acceptors (Lipinski definition) is 1. The molecule has 0 amide bonds. The molecule has 0 saturated heterocycles. The Labute approximate surface area is 84.3 Å². The number of benzene rings is 1. The van der Waals surface area contributed by atoms with Gasteiger partial charge in [-0.2, -0.15) is 0 Å². The van der Waals surface area contributed by atoms with E-state index >= 15 is 0 Å². The smallest absolute Gasteiger partial charge is 0.0457 e. The molecule has 1 aromatic rings. The van der Waals surface area contributed by atoms with Gasteiger partial charge in [0.25, 0.3) is 0 Å². The summed E-state index contributed by atoms with van der Waals surface area (Å²) >= 11 is 6.04. The first kappa shape index (κ1) is 9.04. The lowest BCUT2D eigenvalue weighted by Gasteiger charge is -2.16. The number of nitrogens with zero attached hydrogens (tertiary/aromatic N) is 1. The van der Waals surface area contributed by atoms with Crippen molar-refractivity contribution in [3.63, 3.8) is 0 Å². The molecule has 0 aromatic heterocycles. The molecule has 0 unspecified atom stereocenters. The van der Waals surface area contributed by atoms with Crippen LogP contribution in [0.25, 0.3) is 0 Å². The summed E-state index contributed by atoms with van der Waals surface area (Å²) in [6, 6.07) is 9.55. The van der Waals surface area contributed by atoms with Crippen molar-refractivity contribution in [1.29, 1.82) is 0 Å². The van der Waals surface area contributed by atoms with Crippen molar-refractivity contribution in [2.24, 2.45) is 0 Å². The van der Waals surface area contributed by atoms with Crippen LogP contribution >= 0.6 is 11.6 Å². The van der Waals surface area contributed by atoms with Crippen molar-refractivity contribution in [2.45, 2.75) is 25.4 Å². The summed E-state index contributed by atoms with van der Waals surface area (Å²) in [5.41, 5.74) is 1.20. The van der Waals surface area contributed by atoms with Crippen LogP contribution in [0.3, 0.4) is 0 Å². The van der Waals surface area contributed by atoms with Gasteiger partial charge >= 0.3 is 0 Å². The second-order valence-electron chi connectivity index (χ2n) is 3.66. The molecule has 0 bridgehead atoms. The van der Waals surface area contributed by atoms with Gasteiger partial charge in [-0.1, -0.05) is 23.7 Å². The van der Waals surface area contributed by atoms with Crippen LogP contribution in [0.1, 0.15) is 18.4 Å². The Morgan fingerprint density at radius 3 is 3.00 bits per heavy atom. The third kappa shape index (κ3) is 2.23. The van der Waals surface area contributed by atoms with Gasteiger partial charge in [0.05, 0.1) is 0 Å². The van der Waals surface area contributed by atoms with E-state index in [9.17, 15) is 0 Å². The maximum absolute atomic E-state index is 6.04. The molecule has 13 heavy (non-hydrogen) atoms. The van der Waals surface area contributed by atoms with Crippen molar-refractivity contribution in [3.8, 4) is 0 Å². The molecule has 0 atom stereocenters. The lowest BCUT2D eigenvalue weighted by atomic mass is 10.2. The average molecular weight is 195 g/mol. The van der Waals surface area contributed by atoms with Crippen LogP contribution in [0.15, 0.2) is 18.2 Å². The summed E-state index contributed by atoms with van der Waals surface area (Å²) in [5, 5.41) is 0.829. The van der Waals surface area contributed by atoms with Crippen molar-refractivity contribution in [1.82, 2.24) is 4.90 Å². The second kappa shape index (κ2) is 3.69. The third-order valence-corrected chi connectivity index (χ3v) is 2.84. The Bertz CT molecular complexity index is 294. The molecule has 0 N–H and O–H groups in total. The SMILES string of the molecule is CN(Cc1cc[c]cc1Cl)C1CC1. The molecule has 1 aliphatic carbocycles. The van der Waals surface area contributed by atoms with Gasteiger partial charge < -0.3 is 0 Å². The summed E-state index contributed by atoms with van der Waals surface area (Å²) in [5.74, 6) is 0. The fourth-order valence-corrected chi connectivity index (χ4v) is 1.67. The molecular formula is C11H13ClN. The summed E-state index contributed by atoms with van der Waals surface area (Å²) < 4.78 is 0. The average Bonchev–Trinajstić information content (AvgIpc) is 2.91. The Morgan fingerprint density at radius 1 is 1.62 bits per heavy atom. The van der Waals surface area contributed by atoms with E-state index in [2.05, 4.69) is 18.0 Å². The molecule has 2 rings (SSSR count). The molecule has 2 heteroatoms. The van der Waals surface area contributed by atoms with Gasteiger partial charge in [-0.25, -0.2) is 0 Å². The predicted octanol–water partition coefficient (Wildman–Crippen LogP) is 2.73. The Kier molecular flexibility index (Phi) is 2.56. The van der Waals surface area contributed by atoms with Crippen LogP contribution in [0.5, 0.6) is 0 Å². The molecule has 1 aliphatic rings. The van der Waals surface area contributed by atoms with E-state index in [0.29, 0.717) is 0 Å². The second-order valence-corrected chi connectivity index (χ2v) is 4.07. The Hall–Kier alpha value is -0.530. The van der Waals surface area contributed by atoms with Crippen molar-refractivity contribution in [2.75, 3.05) is 7.05 Å². The molecule has 0 heterocycles. The maximum atomic E-state index is 6.04. The summed E-state index contributed by atoms with van der Waals surface area (Å²) in [6.45, 7) is 0.957. The highest BCUT2D eigenvalue weighted by Crippen LogP contribution is 2.27. The van der Waals surface area contributed by atoms with Crippen molar-refractivity contribution in [3.05, 3.63) is 34.9 Å². The van der Waals surface area contributed by atoms with E-state index in [0.717, 1.165) is 17.6 Å². The van der Waals surface area contributed by atoms with Gasteiger partial charge in [-0.3, -0.25) is 4.90 Å². The first-order valence-electron chi connectivity index (χ1n) is 4.62. The van der Waals surface area contributed by atoms with E-state index in [1.54, 1.807) is 0 Å². The molecule has 1 radical (unpaired) electrons. The van der Waals surface area contributed by atoms with E-state index in [1.165, 1.54) is 18.4 Å². The van der Waals surface area contributed by atoms with E-state index in [-0.39, 0.29) is 0 Å². The molecule has 1 saturated carbocycles. The fourth-order valence-electron chi connectivity index (χ4n) is 1.48. The number of halogens is 1. The van der Waals surface area contributed by atoms with E-state index in [1.807, 2.05) is 18.2 Å². The van der Waals surface area contributed by atoms with E-state index in [4.69, 9.17) is 11.6 Å². The minimum Gasteiger partial charge on any atom is -0.299 e. The van der Waals surface area contributed by atoms with Gasteiger partial charge in [-0.15, -0.1) is 0 Å². The first-order chi connectivity index (χ1) is 6.27. The van der Waals surface area contributed by atoms with Crippen LogP contribution in [-0.4, -0.2) is 18.0 Å². The molecule has 1 nitrogen and oxygen atoms in total. The molecule has 0 spiro atoms. The fraction of sp³-hybridized carbons (Fsp3) is 0.455. The van der Waals surface area contributed by atoms with Gasteiger partial charge in [0.1, 0.15) is 0 Å². The maximum Gasteiger partial charge on any atom is 0.0457 e. The zero-order valence-electron chi connectivity index (χ0n) is 7.76. The lowest BCUT2D eigenvalue weighted by molar-refractivity contribution is 0.316. The van der Waals surface area contributed by atoms with Crippen LogP contribution in [-0.2, 0) is 6.54 Å². The Balaban J connectivity index is 2.03. The summed E-state index contributed by atoms with van der Waals surface area (Å²) in [4.78, 5) is 2.36. The predicted molar refractivity (Wildman–Crippen MR) is 54.8 cm³/mol. The van der Waals surface area contributed by atoms with Crippen molar-refractivity contribution >= 4 is 11.6 Å². The normalized spacial score (nSPS) is 16.5. The number of rotatable bonds is 3. The van der Waals surface area contributed by atoms with Gasteiger partial charge in [0, 0.05) is 17.6 Å². The zero-order valence-corrected chi connectivity index (χ0v) is 8.51. The minimum absolute atomic E-state index is 0.792. The largest absolute Gasteiger partial charge is 0.299 e. The monoisotopic (exact) mass is 194 g/mol. The van der Waals surface area contributed by atoms with Crippen LogP contribution in [0.4, 0.5) is 0 Å². The Morgan fingerprint density at radius 2 is 2.38 bits per heavy atom. The highest BCUT2D eigenvalue weighted by molar-refractivity contribution is 6.31. The zero-order chi connectivity index (χ0) is 9.26. The van der Waals surface area contributed by atoms with Gasteiger partial charge in [0.15, 0.2) is 0 Å². The van der Waals surface area contributed by atoms with Gasteiger partial charge in [-0.05, 0) is 37.6 Å². The van der Waals surface area contributed by atoms with Crippen LogP contribution in [0.2, 0.25) is 5.02 Å². The molecular weight excluding hydrogens is 182 g/mol. The standard InChI is InChI=1S/C11H13ClN/c1-13(10-6-7-10)8-9-4-2-3-5-11(9)12/h2,4-5,10H,6-8H2,1H3. The number of hydrogen-bond donors (Lipinski definition) is 0.